The summed E-state index contributed by atoms with van der Waals surface area (Å²) in [5.41, 5.74) is 0.175. The van der Waals surface area contributed by atoms with Crippen LogP contribution in [0.25, 0.3) is 0 Å². The minimum absolute atomic E-state index is 0.0249. The quantitative estimate of drug-likeness (QED) is 0.778. The van der Waals surface area contributed by atoms with E-state index in [9.17, 15) is 13.2 Å². The van der Waals surface area contributed by atoms with Crippen molar-refractivity contribution in [2.75, 3.05) is 0 Å². The van der Waals surface area contributed by atoms with Crippen LogP contribution < -0.4 is 10.3 Å². The maximum absolute atomic E-state index is 11.9. The molecule has 0 aliphatic carbocycles. The number of aromatic amines is 2. The van der Waals surface area contributed by atoms with Gasteiger partial charge in [0.25, 0.3) is 5.56 Å². The molecule has 0 aliphatic heterocycles. The lowest BCUT2D eigenvalue weighted by Gasteiger charge is -2.05. The molecule has 1 aromatic carbocycles. The molecule has 0 saturated carbocycles. The van der Waals surface area contributed by atoms with Crippen molar-refractivity contribution in [1.29, 1.82) is 0 Å². The predicted molar refractivity (Wildman–Crippen MR) is 69.6 cm³/mol. The number of sulfonamides is 1. The highest BCUT2D eigenvalue weighted by Gasteiger charge is 2.13. The number of aromatic nitrogens is 2. The van der Waals surface area contributed by atoms with Gasteiger partial charge in [0.05, 0.1) is 17.1 Å². The molecule has 8 heteroatoms. The largest absolute Gasteiger partial charge is 0.301 e. The van der Waals surface area contributed by atoms with Gasteiger partial charge in [-0.1, -0.05) is 15.9 Å². The first-order valence-corrected chi connectivity index (χ1v) is 7.27. The zero-order valence-electron chi connectivity index (χ0n) is 9.10. The molecule has 18 heavy (non-hydrogen) atoms. The summed E-state index contributed by atoms with van der Waals surface area (Å²) < 4.78 is 27.0. The Morgan fingerprint density at radius 2 is 1.83 bits per heavy atom. The molecule has 3 N–H and O–H groups in total. The smallest absolute Gasteiger partial charge is 0.264 e. The second-order valence-electron chi connectivity index (χ2n) is 3.56. The first-order valence-electron chi connectivity index (χ1n) is 4.99. The van der Waals surface area contributed by atoms with Crippen molar-refractivity contribution in [2.45, 2.75) is 11.4 Å². The standard InChI is InChI=1S/C10H10BrN3O3S/c11-7-1-3-9(4-2-7)18(16,17)12-6-8-5-10(15)14-13-8/h1-5,12H,6H2,(H2,13,14,15). The Balaban J connectivity index is 2.12. The van der Waals surface area contributed by atoms with E-state index < -0.39 is 10.0 Å². The Morgan fingerprint density at radius 3 is 2.39 bits per heavy atom. The van der Waals surface area contributed by atoms with Gasteiger partial charge in [-0.3, -0.25) is 9.89 Å². The summed E-state index contributed by atoms with van der Waals surface area (Å²) >= 11 is 3.23. The molecule has 0 unspecified atom stereocenters. The summed E-state index contributed by atoms with van der Waals surface area (Å²) in [6.07, 6.45) is 0. The highest BCUT2D eigenvalue weighted by Crippen LogP contribution is 2.14. The second kappa shape index (κ2) is 5.09. The van der Waals surface area contributed by atoms with Gasteiger partial charge in [-0.25, -0.2) is 13.1 Å². The van der Waals surface area contributed by atoms with Crippen LogP contribution in [0.3, 0.4) is 0 Å². The Labute approximate surface area is 112 Å². The Kier molecular flexibility index (Phi) is 3.69. The normalized spacial score (nSPS) is 11.6. The minimum Gasteiger partial charge on any atom is -0.301 e. The number of hydrogen-bond donors (Lipinski definition) is 3. The molecule has 6 nitrogen and oxygen atoms in total. The fraction of sp³-hybridized carbons (Fsp3) is 0.100. The predicted octanol–water partition coefficient (Wildman–Crippen LogP) is 0.944. The van der Waals surface area contributed by atoms with E-state index in [4.69, 9.17) is 0 Å². The first kappa shape index (κ1) is 13.1. The van der Waals surface area contributed by atoms with E-state index in [2.05, 4.69) is 30.8 Å². The fourth-order valence-electron chi connectivity index (χ4n) is 1.34. The van der Waals surface area contributed by atoms with E-state index in [-0.39, 0.29) is 17.0 Å². The number of halogens is 1. The third-order valence-corrected chi connectivity index (χ3v) is 4.17. The lowest BCUT2D eigenvalue weighted by molar-refractivity contribution is 0.580. The summed E-state index contributed by atoms with van der Waals surface area (Å²) in [6.45, 7) is 0.0249. The molecule has 0 fully saturated rings. The average molecular weight is 332 g/mol. The summed E-state index contributed by atoms with van der Waals surface area (Å²) in [4.78, 5) is 11.0. The van der Waals surface area contributed by atoms with Crippen molar-refractivity contribution in [3.63, 3.8) is 0 Å². The molecule has 0 spiro atoms. The van der Waals surface area contributed by atoms with Crippen LogP contribution in [0.1, 0.15) is 5.69 Å². The number of hydrogen-bond acceptors (Lipinski definition) is 3. The summed E-state index contributed by atoms with van der Waals surface area (Å²) in [5, 5.41) is 4.90. The van der Waals surface area contributed by atoms with E-state index in [1.807, 2.05) is 0 Å². The molecule has 0 saturated heterocycles. The van der Waals surface area contributed by atoms with Crippen molar-refractivity contribution in [3.8, 4) is 0 Å². The topological polar surface area (TPSA) is 94.8 Å². The lowest BCUT2D eigenvalue weighted by Crippen LogP contribution is -2.23. The first-order chi connectivity index (χ1) is 8.47. The highest BCUT2D eigenvalue weighted by atomic mass is 79.9. The molecule has 0 amide bonds. The monoisotopic (exact) mass is 331 g/mol. The third kappa shape index (κ3) is 3.09. The van der Waals surface area contributed by atoms with Crippen LogP contribution in [0.15, 0.2) is 44.5 Å². The number of nitrogens with one attached hydrogen (secondary N) is 3. The van der Waals surface area contributed by atoms with E-state index in [0.29, 0.717) is 5.69 Å². The van der Waals surface area contributed by atoms with E-state index in [1.165, 1.54) is 18.2 Å². The lowest BCUT2D eigenvalue weighted by atomic mass is 10.4. The number of benzene rings is 1. The van der Waals surface area contributed by atoms with Crippen LogP contribution in [0, 0.1) is 0 Å². The van der Waals surface area contributed by atoms with Crippen LogP contribution in [0.2, 0.25) is 0 Å². The maximum Gasteiger partial charge on any atom is 0.264 e. The number of H-pyrrole nitrogens is 2. The molecule has 96 valence electrons. The van der Waals surface area contributed by atoms with Crippen molar-refractivity contribution < 1.29 is 8.42 Å². The summed E-state index contributed by atoms with van der Waals surface area (Å²) in [7, 11) is -3.57. The fourth-order valence-corrected chi connectivity index (χ4v) is 2.61. The molecule has 0 bridgehead atoms. The molecule has 2 rings (SSSR count). The number of rotatable bonds is 4. The van der Waals surface area contributed by atoms with Gasteiger partial charge >= 0.3 is 0 Å². The van der Waals surface area contributed by atoms with E-state index in [1.54, 1.807) is 12.1 Å². The van der Waals surface area contributed by atoms with Crippen molar-refractivity contribution in [2.24, 2.45) is 0 Å². The van der Waals surface area contributed by atoms with Gasteiger partial charge in [-0.05, 0) is 24.3 Å². The van der Waals surface area contributed by atoms with Gasteiger partial charge < -0.3 is 5.10 Å². The molecule has 0 aliphatic rings. The molecular weight excluding hydrogens is 322 g/mol. The summed E-state index contributed by atoms with van der Waals surface area (Å²) in [6, 6.07) is 7.57. The van der Waals surface area contributed by atoms with Crippen molar-refractivity contribution in [3.05, 3.63) is 50.9 Å². The van der Waals surface area contributed by atoms with Gasteiger partial charge in [-0.2, -0.15) is 0 Å². The Hall–Kier alpha value is -1.38. The van der Waals surface area contributed by atoms with Gasteiger partial charge in [0, 0.05) is 10.5 Å². The molecule has 0 atom stereocenters. The molecule has 1 heterocycles. The van der Waals surface area contributed by atoms with Gasteiger partial charge in [-0.15, -0.1) is 0 Å². The van der Waals surface area contributed by atoms with E-state index >= 15 is 0 Å². The van der Waals surface area contributed by atoms with Gasteiger partial charge in [0.2, 0.25) is 10.0 Å². The minimum atomic E-state index is -3.57. The van der Waals surface area contributed by atoms with Crippen LogP contribution in [-0.2, 0) is 16.6 Å². The average Bonchev–Trinajstić information content (AvgIpc) is 2.73. The molecule has 0 radical (unpaired) electrons. The zero-order chi connectivity index (χ0) is 13.2. The summed E-state index contributed by atoms with van der Waals surface area (Å²) in [5.74, 6) is 0. The van der Waals surface area contributed by atoms with E-state index in [0.717, 1.165) is 4.47 Å². The zero-order valence-corrected chi connectivity index (χ0v) is 11.5. The van der Waals surface area contributed by atoms with Crippen molar-refractivity contribution in [1.82, 2.24) is 14.9 Å². The molecule has 1 aromatic heterocycles. The van der Waals surface area contributed by atoms with Crippen LogP contribution in [0.5, 0.6) is 0 Å². The third-order valence-electron chi connectivity index (χ3n) is 2.23. The van der Waals surface area contributed by atoms with Crippen molar-refractivity contribution >= 4 is 26.0 Å². The van der Waals surface area contributed by atoms with Crippen LogP contribution in [-0.4, -0.2) is 18.6 Å². The Morgan fingerprint density at radius 1 is 1.17 bits per heavy atom. The van der Waals surface area contributed by atoms with Crippen LogP contribution >= 0.6 is 15.9 Å². The maximum atomic E-state index is 11.9. The molecular formula is C10H10BrN3O3S. The SMILES string of the molecule is O=c1cc(CNS(=O)(=O)c2ccc(Br)cc2)[nH][nH]1. The second-order valence-corrected chi connectivity index (χ2v) is 6.24. The van der Waals surface area contributed by atoms with Gasteiger partial charge in [0.15, 0.2) is 0 Å². The highest BCUT2D eigenvalue weighted by molar-refractivity contribution is 9.10. The Bertz CT molecular complexity index is 688. The van der Waals surface area contributed by atoms with Crippen LogP contribution in [0.4, 0.5) is 0 Å². The molecule has 2 aromatic rings. The van der Waals surface area contributed by atoms with Gasteiger partial charge in [0.1, 0.15) is 0 Å².